The fraction of sp³-hybridized carbons (Fsp3) is 0.250. The van der Waals surface area contributed by atoms with Crippen molar-refractivity contribution in [2.24, 2.45) is 51.1 Å². The summed E-state index contributed by atoms with van der Waals surface area (Å²) in [6.07, 6.45) is 6.94. The summed E-state index contributed by atoms with van der Waals surface area (Å²) in [5.74, 6) is 0. The van der Waals surface area contributed by atoms with Gasteiger partial charge in [-0.15, -0.1) is 0 Å². The van der Waals surface area contributed by atoms with Gasteiger partial charge in [0.05, 0.1) is 56.9 Å². The molecular formula is C48H50N10. The third-order valence-corrected chi connectivity index (χ3v) is 9.54. The maximum atomic E-state index is 4.56. The number of aryl methyl sites for hydroxylation is 6. The Morgan fingerprint density at radius 1 is 0.293 bits per heavy atom. The number of azo groups is 5. The van der Waals surface area contributed by atoms with Gasteiger partial charge in [0.15, 0.2) is 0 Å². The summed E-state index contributed by atoms with van der Waals surface area (Å²) >= 11 is 0. The molecule has 0 amide bonds. The van der Waals surface area contributed by atoms with Gasteiger partial charge in [0, 0.05) is 0 Å². The molecule has 0 N–H and O–H groups in total. The lowest BCUT2D eigenvalue weighted by atomic mass is 10.1. The van der Waals surface area contributed by atoms with E-state index in [0.29, 0.717) is 0 Å². The number of hydrogen-bond acceptors (Lipinski definition) is 10. The largest absolute Gasteiger partial charge is 0.151 e. The molecule has 0 aromatic heterocycles. The molecule has 0 fully saturated rings. The molecule has 6 aromatic carbocycles. The lowest BCUT2D eigenvalue weighted by Gasteiger charge is -2.06. The summed E-state index contributed by atoms with van der Waals surface area (Å²) in [7, 11) is 0. The molecule has 0 bridgehead atoms. The molecule has 6 aromatic rings. The Morgan fingerprint density at radius 3 is 0.776 bits per heavy atom. The Hall–Kier alpha value is -6.68. The fourth-order valence-corrected chi connectivity index (χ4v) is 6.25. The zero-order valence-electron chi connectivity index (χ0n) is 34.3. The van der Waals surface area contributed by atoms with Crippen molar-refractivity contribution < 1.29 is 0 Å². The second kappa shape index (κ2) is 20.5. The van der Waals surface area contributed by atoms with E-state index in [4.69, 9.17) is 0 Å². The highest BCUT2D eigenvalue weighted by Gasteiger charge is 2.08. The van der Waals surface area contributed by atoms with E-state index in [9.17, 15) is 0 Å². The average molecular weight is 767 g/mol. The topological polar surface area (TPSA) is 124 Å². The van der Waals surface area contributed by atoms with Crippen molar-refractivity contribution in [2.75, 3.05) is 0 Å². The van der Waals surface area contributed by atoms with Gasteiger partial charge in [0.25, 0.3) is 0 Å². The summed E-state index contributed by atoms with van der Waals surface area (Å²) < 4.78 is 0. The number of nitrogens with zero attached hydrogens (tertiary/aromatic N) is 10. The van der Waals surface area contributed by atoms with Gasteiger partial charge in [-0.1, -0.05) is 51.0 Å². The van der Waals surface area contributed by atoms with Crippen LogP contribution in [0.25, 0.3) is 0 Å². The van der Waals surface area contributed by atoms with Crippen LogP contribution < -0.4 is 0 Å². The standard InChI is InChI=1S/C48H50N10/c1-7-9-11-37-13-17-39(18-14-37)49-51-41-21-25-43(26-22-41)53-57-47-33(3)29-45(30-34(47)4)55-56-46-31-35(5)48(36(6)32-46)58-54-44-27-23-42(24-28-44)52-50-40-19-15-38(16-20-40)12-10-8-2/h13-32H,7-12H2,1-6H3. The highest BCUT2D eigenvalue weighted by Crippen LogP contribution is 2.34. The number of benzene rings is 6. The molecule has 0 unspecified atom stereocenters. The van der Waals surface area contributed by atoms with Crippen LogP contribution in [0.15, 0.2) is 172 Å². The van der Waals surface area contributed by atoms with Crippen LogP contribution in [0.2, 0.25) is 0 Å². The van der Waals surface area contributed by atoms with Crippen LogP contribution in [0.4, 0.5) is 56.9 Å². The number of rotatable bonds is 16. The van der Waals surface area contributed by atoms with Crippen molar-refractivity contribution in [3.8, 4) is 0 Å². The van der Waals surface area contributed by atoms with Crippen LogP contribution in [-0.4, -0.2) is 0 Å². The second-order valence-corrected chi connectivity index (χ2v) is 14.4. The van der Waals surface area contributed by atoms with Crippen LogP contribution >= 0.6 is 0 Å². The Bertz CT molecular complexity index is 2210. The van der Waals surface area contributed by atoms with E-state index in [1.807, 2.05) is 125 Å². The fourth-order valence-electron chi connectivity index (χ4n) is 6.25. The van der Waals surface area contributed by atoms with E-state index in [0.717, 1.165) is 92.0 Å². The van der Waals surface area contributed by atoms with Crippen LogP contribution in [-0.2, 0) is 12.8 Å². The lowest BCUT2D eigenvalue weighted by Crippen LogP contribution is -1.82. The molecule has 0 radical (unpaired) electrons. The van der Waals surface area contributed by atoms with E-state index >= 15 is 0 Å². The van der Waals surface area contributed by atoms with Crippen molar-refractivity contribution in [1.29, 1.82) is 0 Å². The molecule has 6 rings (SSSR count). The van der Waals surface area contributed by atoms with Gasteiger partial charge >= 0.3 is 0 Å². The molecule has 0 saturated heterocycles. The minimum Gasteiger partial charge on any atom is -0.151 e. The smallest absolute Gasteiger partial charge is 0.0916 e. The zero-order chi connectivity index (χ0) is 40.7. The van der Waals surface area contributed by atoms with Gasteiger partial charge in [-0.25, -0.2) is 0 Å². The van der Waals surface area contributed by atoms with Crippen molar-refractivity contribution >= 4 is 56.9 Å². The molecule has 0 aliphatic heterocycles. The zero-order valence-corrected chi connectivity index (χ0v) is 34.3. The van der Waals surface area contributed by atoms with Gasteiger partial charge in [0.1, 0.15) is 0 Å². The first-order valence-corrected chi connectivity index (χ1v) is 20.0. The van der Waals surface area contributed by atoms with Crippen molar-refractivity contribution in [2.45, 2.75) is 80.1 Å². The summed E-state index contributed by atoms with van der Waals surface area (Å²) in [5.41, 5.74) is 14.2. The molecule has 292 valence electrons. The second-order valence-electron chi connectivity index (χ2n) is 14.4. The molecular weight excluding hydrogens is 717 g/mol. The summed E-state index contributed by atoms with van der Waals surface area (Å²) in [5, 5.41) is 44.7. The number of hydrogen-bond donors (Lipinski definition) is 0. The molecule has 0 aliphatic rings. The Morgan fingerprint density at radius 2 is 0.517 bits per heavy atom. The lowest BCUT2D eigenvalue weighted by molar-refractivity contribution is 0.795. The SMILES string of the molecule is CCCCc1ccc(N=Nc2ccc(N=Nc3c(C)cc(N=Nc4cc(C)c(N=Nc5ccc(N=Nc6ccc(CCCC)cc6)cc5)c(C)c4)cc3C)cc2)cc1. The minimum absolute atomic E-state index is 0.728. The Balaban J connectivity index is 1.04. The third-order valence-electron chi connectivity index (χ3n) is 9.54. The highest BCUT2D eigenvalue weighted by atomic mass is 15.1. The van der Waals surface area contributed by atoms with E-state index in [1.165, 1.54) is 36.8 Å². The molecule has 0 atom stereocenters. The maximum absolute atomic E-state index is 4.56. The van der Waals surface area contributed by atoms with E-state index in [-0.39, 0.29) is 0 Å². The molecule has 0 aliphatic carbocycles. The third kappa shape index (κ3) is 11.9. The van der Waals surface area contributed by atoms with E-state index in [2.05, 4.69) is 89.3 Å². The van der Waals surface area contributed by atoms with Gasteiger partial charge in [-0.05, 0) is 184 Å². The first-order chi connectivity index (χ1) is 28.3. The maximum Gasteiger partial charge on any atom is 0.0916 e. The van der Waals surface area contributed by atoms with Crippen molar-refractivity contribution in [1.82, 2.24) is 0 Å². The van der Waals surface area contributed by atoms with Crippen LogP contribution in [0.3, 0.4) is 0 Å². The molecule has 0 saturated carbocycles. The van der Waals surface area contributed by atoms with Gasteiger partial charge in [-0.3, -0.25) is 0 Å². The molecule has 10 heteroatoms. The number of unbranched alkanes of at least 4 members (excludes halogenated alkanes) is 2. The van der Waals surface area contributed by atoms with Gasteiger partial charge in [0.2, 0.25) is 0 Å². The monoisotopic (exact) mass is 766 g/mol. The predicted molar refractivity (Wildman–Crippen MR) is 236 cm³/mol. The van der Waals surface area contributed by atoms with E-state index < -0.39 is 0 Å². The molecule has 10 nitrogen and oxygen atoms in total. The molecule has 0 spiro atoms. The van der Waals surface area contributed by atoms with Crippen molar-refractivity contribution in [3.05, 3.63) is 155 Å². The van der Waals surface area contributed by atoms with Gasteiger partial charge < -0.3 is 0 Å². The first kappa shape index (κ1) is 41.0. The van der Waals surface area contributed by atoms with Crippen LogP contribution in [0.1, 0.15) is 72.9 Å². The molecule has 58 heavy (non-hydrogen) atoms. The van der Waals surface area contributed by atoms with Crippen LogP contribution in [0, 0.1) is 27.7 Å². The molecule has 0 heterocycles. The summed E-state index contributed by atoms with van der Waals surface area (Å²) in [4.78, 5) is 0. The van der Waals surface area contributed by atoms with Gasteiger partial charge in [-0.2, -0.15) is 51.1 Å². The average Bonchev–Trinajstić information content (AvgIpc) is 3.23. The quantitative estimate of drug-likeness (QED) is 0.0870. The normalized spacial score (nSPS) is 12.0. The Kier molecular flexibility index (Phi) is 14.5. The van der Waals surface area contributed by atoms with Crippen molar-refractivity contribution in [3.63, 3.8) is 0 Å². The highest BCUT2D eigenvalue weighted by molar-refractivity contribution is 5.61. The van der Waals surface area contributed by atoms with E-state index in [1.54, 1.807) is 0 Å². The predicted octanol–water partition coefficient (Wildman–Crippen LogP) is 17.7. The summed E-state index contributed by atoms with van der Waals surface area (Å²) in [6.45, 7) is 12.4. The van der Waals surface area contributed by atoms with Crippen LogP contribution in [0.5, 0.6) is 0 Å². The summed E-state index contributed by atoms with van der Waals surface area (Å²) in [6, 6.07) is 39.5. The minimum atomic E-state index is 0.728. The first-order valence-electron chi connectivity index (χ1n) is 20.0. The Labute approximate surface area is 341 Å².